The summed E-state index contributed by atoms with van der Waals surface area (Å²) >= 11 is 12.5. The second kappa shape index (κ2) is 10.6. The number of hydrogen-bond donors (Lipinski definition) is 1. The van der Waals surface area contributed by atoms with Crippen molar-refractivity contribution in [1.29, 1.82) is 0 Å². The molecule has 0 atom stereocenters. The SMILES string of the molecule is O=C(C=Cc1nc2ccccc2nc1O)c1ccc(C(=O)N2CCN(c3cccc(Cl)c3Cl)CC2)cc1. The minimum atomic E-state index is -0.277. The summed E-state index contributed by atoms with van der Waals surface area (Å²) in [6.07, 6.45) is 2.76. The van der Waals surface area contributed by atoms with Crippen LogP contribution in [0.3, 0.4) is 0 Å². The van der Waals surface area contributed by atoms with E-state index in [-0.39, 0.29) is 23.3 Å². The molecule has 1 fully saturated rings. The molecule has 1 saturated heterocycles. The molecule has 0 bridgehead atoms. The first-order chi connectivity index (χ1) is 17.9. The summed E-state index contributed by atoms with van der Waals surface area (Å²) < 4.78 is 0. The summed E-state index contributed by atoms with van der Waals surface area (Å²) in [6, 6.07) is 19.2. The van der Waals surface area contributed by atoms with Gasteiger partial charge in [0.25, 0.3) is 5.91 Å². The van der Waals surface area contributed by atoms with Crippen LogP contribution in [0.25, 0.3) is 17.1 Å². The van der Waals surface area contributed by atoms with Crippen molar-refractivity contribution in [2.24, 2.45) is 0 Å². The van der Waals surface area contributed by atoms with E-state index >= 15 is 0 Å². The standard InChI is InChI=1S/C28H22Cl2N4O3/c29-20-4-3-7-24(26(20)30)33-14-16-34(17-15-33)28(37)19-10-8-18(9-11-19)25(35)13-12-23-27(36)32-22-6-2-1-5-21(22)31-23/h1-13H,14-17H2,(H,32,36). The van der Waals surface area contributed by atoms with Crippen molar-refractivity contribution < 1.29 is 14.7 Å². The van der Waals surface area contributed by atoms with E-state index in [9.17, 15) is 14.7 Å². The molecule has 0 unspecified atom stereocenters. The second-order valence-electron chi connectivity index (χ2n) is 8.55. The fourth-order valence-electron chi connectivity index (χ4n) is 4.21. The van der Waals surface area contributed by atoms with E-state index in [2.05, 4.69) is 14.9 Å². The van der Waals surface area contributed by atoms with Gasteiger partial charge in [0.2, 0.25) is 5.88 Å². The Bertz CT molecular complexity index is 1510. The lowest BCUT2D eigenvalue weighted by Gasteiger charge is -2.36. The fourth-order valence-corrected chi connectivity index (χ4v) is 4.63. The third-order valence-corrected chi connectivity index (χ3v) is 7.03. The maximum Gasteiger partial charge on any atom is 0.253 e. The number of ketones is 1. The van der Waals surface area contributed by atoms with Gasteiger partial charge >= 0.3 is 0 Å². The predicted molar refractivity (Wildman–Crippen MR) is 146 cm³/mol. The van der Waals surface area contributed by atoms with E-state index in [1.54, 1.807) is 53.4 Å². The van der Waals surface area contributed by atoms with Crippen LogP contribution in [-0.2, 0) is 0 Å². The maximum atomic E-state index is 13.0. The molecule has 186 valence electrons. The Balaban J connectivity index is 1.22. The summed E-state index contributed by atoms with van der Waals surface area (Å²) in [5.41, 5.74) is 3.18. The number of hydrogen-bond acceptors (Lipinski definition) is 6. The van der Waals surface area contributed by atoms with Gasteiger partial charge in [0.05, 0.1) is 26.8 Å². The summed E-state index contributed by atoms with van der Waals surface area (Å²) in [5, 5.41) is 11.1. The van der Waals surface area contributed by atoms with Crippen LogP contribution < -0.4 is 4.90 Å². The average molecular weight is 533 g/mol. The number of allylic oxidation sites excluding steroid dienone is 1. The first-order valence-corrected chi connectivity index (χ1v) is 12.4. The molecule has 9 heteroatoms. The van der Waals surface area contributed by atoms with Gasteiger partial charge in [-0.3, -0.25) is 9.59 Å². The molecule has 2 heterocycles. The molecule has 37 heavy (non-hydrogen) atoms. The van der Waals surface area contributed by atoms with Crippen LogP contribution >= 0.6 is 23.2 Å². The zero-order valence-electron chi connectivity index (χ0n) is 19.6. The van der Waals surface area contributed by atoms with Crippen molar-refractivity contribution in [2.45, 2.75) is 0 Å². The lowest BCUT2D eigenvalue weighted by atomic mass is 10.1. The molecule has 0 saturated carbocycles. The molecular weight excluding hydrogens is 511 g/mol. The first kappa shape index (κ1) is 24.7. The van der Waals surface area contributed by atoms with Crippen LogP contribution in [0.1, 0.15) is 26.4 Å². The second-order valence-corrected chi connectivity index (χ2v) is 9.33. The third kappa shape index (κ3) is 5.28. The number of para-hydroxylation sites is 2. The molecule has 1 amide bonds. The Labute approximate surface area is 223 Å². The van der Waals surface area contributed by atoms with Gasteiger partial charge in [-0.25, -0.2) is 9.97 Å². The third-order valence-electron chi connectivity index (χ3n) is 6.23. The smallest absolute Gasteiger partial charge is 0.253 e. The van der Waals surface area contributed by atoms with E-state index in [0.29, 0.717) is 58.4 Å². The zero-order chi connectivity index (χ0) is 25.9. The Morgan fingerprint density at radius 2 is 1.46 bits per heavy atom. The van der Waals surface area contributed by atoms with Gasteiger partial charge < -0.3 is 14.9 Å². The van der Waals surface area contributed by atoms with Crippen LogP contribution in [0.5, 0.6) is 5.88 Å². The molecule has 4 aromatic rings. The number of benzene rings is 3. The molecule has 1 aromatic heterocycles. The van der Waals surface area contributed by atoms with Gasteiger partial charge in [-0.2, -0.15) is 0 Å². The van der Waals surface area contributed by atoms with Gasteiger partial charge in [0.1, 0.15) is 5.69 Å². The Morgan fingerprint density at radius 1 is 0.811 bits per heavy atom. The van der Waals surface area contributed by atoms with Crippen molar-refractivity contribution in [2.75, 3.05) is 31.1 Å². The molecule has 1 aliphatic heterocycles. The number of amides is 1. The number of piperazine rings is 1. The van der Waals surface area contributed by atoms with E-state index in [0.717, 1.165) is 5.69 Å². The summed E-state index contributed by atoms with van der Waals surface area (Å²) in [7, 11) is 0. The molecular formula is C28H22Cl2N4O3. The van der Waals surface area contributed by atoms with Crippen LogP contribution in [0.2, 0.25) is 10.0 Å². The van der Waals surface area contributed by atoms with Gasteiger partial charge in [0, 0.05) is 37.3 Å². The van der Waals surface area contributed by atoms with Gasteiger partial charge in [-0.1, -0.05) is 53.5 Å². The monoisotopic (exact) mass is 532 g/mol. The Morgan fingerprint density at radius 3 is 2.16 bits per heavy atom. The van der Waals surface area contributed by atoms with Crippen molar-refractivity contribution in [3.8, 4) is 5.88 Å². The van der Waals surface area contributed by atoms with E-state index < -0.39 is 0 Å². The van der Waals surface area contributed by atoms with E-state index in [1.807, 2.05) is 18.2 Å². The zero-order valence-corrected chi connectivity index (χ0v) is 21.2. The fraction of sp³-hybridized carbons (Fsp3) is 0.143. The minimum Gasteiger partial charge on any atom is -0.492 e. The summed E-state index contributed by atoms with van der Waals surface area (Å²) in [6.45, 7) is 2.36. The van der Waals surface area contributed by atoms with Crippen molar-refractivity contribution in [1.82, 2.24) is 14.9 Å². The highest BCUT2D eigenvalue weighted by Crippen LogP contribution is 2.33. The molecule has 0 aliphatic carbocycles. The van der Waals surface area contributed by atoms with Crippen molar-refractivity contribution in [3.63, 3.8) is 0 Å². The number of halogens is 2. The number of carbonyl (C=O) groups is 2. The van der Waals surface area contributed by atoms with Crippen LogP contribution in [0, 0.1) is 0 Å². The van der Waals surface area contributed by atoms with Crippen molar-refractivity contribution >= 4 is 57.7 Å². The van der Waals surface area contributed by atoms with E-state index in [4.69, 9.17) is 23.2 Å². The lowest BCUT2D eigenvalue weighted by molar-refractivity contribution is 0.0746. The lowest BCUT2D eigenvalue weighted by Crippen LogP contribution is -2.48. The van der Waals surface area contributed by atoms with E-state index in [1.165, 1.54) is 12.2 Å². The summed E-state index contributed by atoms with van der Waals surface area (Å²) in [5.74, 6) is -0.621. The number of anilines is 1. The molecule has 0 radical (unpaired) electrons. The number of aromatic nitrogens is 2. The highest BCUT2D eigenvalue weighted by molar-refractivity contribution is 6.43. The number of nitrogens with zero attached hydrogens (tertiary/aromatic N) is 4. The predicted octanol–water partition coefficient (Wildman–Crippen LogP) is 5.50. The van der Waals surface area contributed by atoms with Crippen LogP contribution in [0.15, 0.2) is 72.8 Å². The molecule has 0 spiro atoms. The average Bonchev–Trinajstić information content (AvgIpc) is 2.93. The summed E-state index contributed by atoms with van der Waals surface area (Å²) in [4.78, 5) is 38.0. The highest BCUT2D eigenvalue weighted by atomic mass is 35.5. The normalized spacial score (nSPS) is 13.9. The van der Waals surface area contributed by atoms with Crippen molar-refractivity contribution in [3.05, 3.63) is 99.7 Å². The van der Waals surface area contributed by atoms with Gasteiger partial charge in [0.15, 0.2) is 5.78 Å². The molecule has 5 rings (SSSR count). The molecule has 1 aliphatic rings. The maximum absolute atomic E-state index is 13.0. The first-order valence-electron chi connectivity index (χ1n) is 11.7. The molecule has 7 nitrogen and oxygen atoms in total. The number of aromatic hydroxyl groups is 1. The van der Waals surface area contributed by atoms with Gasteiger partial charge in [-0.05, 0) is 48.6 Å². The molecule has 1 N–H and O–H groups in total. The highest BCUT2D eigenvalue weighted by Gasteiger charge is 2.24. The Kier molecular flexibility index (Phi) is 7.08. The number of carbonyl (C=O) groups excluding carboxylic acids is 2. The quantitative estimate of drug-likeness (QED) is 0.269. The molecule has 3 aromatic carbocycles. The van der Waals surface area contributed by atoms with Crippen LogP contribution in [-0.4, -0.2) is 57.8 Å². The largest absolute Gasteiger partial charge is 0.492 e. The topological polar surface area (TPSA) is 86.6 Å². The van der Waals surface area contributed by atoms with Gasteiger partial charge in [-0.15, -0.1) is 0 Å². The Hall–Kier alpha value is -3.94. The number of rotatable bonds is 5. The number of fused-ring (bicyclic) bond motifs is 1. The minimum absolute atomic E-state index is 0.0947. The van der Waals surface area contributed by atoms with Crippen LogP contribution in [0.4, 0.5) is 5.69 Å².